The van der Waals surface area contributed by atoms with Gasteiger partial charge in [-0.1, -0.05) is 19.9 Å². The Hall–Kier alpha value is -3.44. The average Bonchev–Trinajstić information content (AvgIpc) is 2.96. The summed E-state index contributed by atoms with van der Waals surface area (Å²) >= 11 is 0. The van der Waals surface area contributed by atoms with Crippen molar-refractivity contribution in [1.29, 1.82) is 0 Å². The van der Waals surface area contributed by atoms with Crippen LogP contribution in [0, 0.1) is 17.6 Å². The number of nitrogens with one attached hydrogen (secondary N) is 1. The van der Waals surface area contributed by atoms with Gasteiger partial charge in [0.1, 0.15) is 30.4 Å². The monoisotopic (exact) mass is 572 g/mol. The zero-order chi connectivity index (χ0) is 29.4. The van der Waals surface area contributed by atoms with Gasteiger partial charge in [-0.2, -0.15) is 10.0 Å². The maximum absolute atomic E-state index is 14.9. The molecule has 0 aliphatic carbocycles. The van der Waals surface area contributed by atoms with Gasteiger partial charge in [0, 0.05) is 55.3 Å². The van der Waals surface area contributed by atoms with E-state index in [4.69, 9.17) is 5.10 Å². The molecule has 1 unspecified atom stereocenters. The molecule has 0 radical (unpaired) electrons. The van der Waals surface area contributed by atoms with Gasteiger partial charge in [-0.3, -0.25) is 5.01 Å². The van der Waals surface area contributed by atoms with Gasteiger partial charge >= 0.3 is 0 Å². The molecule has 3 aromatic rings. The van der Waals surface area contributed by atoms with Gasteiger partial charge < -0.3 is 15.3 Å². The highest BCUT2D eigenvalue weighted by atomic mass is 19.3. The van der Waals surface area contributed by atoms with Crippen molar-refractivity contribution in [1.82, 2.24) is 15.0 Å². The minimum absolute atomic E-state index is 0.0997. The SMILES string of the molecule is CCCN(CCC)/N=C(\C)C1CCN(c2ncnc3c(-c4ccc(NCC(O)COF)c(F)c4)cc(F)cc23)CC1. The van der Waals surface area contributed by atoms with Crippen LogP contribution >= 0.6 is 0 Å². The van der Waals surface area contributed by atoms with Crippen molar-refractivity contribution in [2.24, 2.45) is 11.0 Å². The molecule has 2 N–H and O–H groups in total. The fourth-order valence-electron chi connectivity index (χ4n) is 5.32. The molecular formula is C30H39F3N6O2. The van der Waals surface area contributed by atoms with Crippen molar-refractivity contribution in [2.45, 2.75) is 52.6 Å². The summed E-state index contributed by atoms with van der Waals surface area (Å²) in [6, 6.07) is 7.19. The van der Waals surface area contributed by atoms with E-state index < -0.39 is 24.3 Å². The number of rotatable bonds is 13. The third-order valence-electron chi connectivity index (χ3n) is 7.39. The van der Waals surface area contributed by atoms with E-state index in [0.29, 0.717) is 33.8 Å². The number of halogens is 3. The number of hydrogen-bond acceptors (Lipinski definition) is 8. The first kappa shape index (κ1) is 30.5. The number of hydrogen-bond donors (Lipinski definition) is 2. The van der Waals surface area contributed by atoms with Crippen LogP contribution in [0.5, 0.6) is 0 Å². The molecule has 0 amide bonds. The second-order valence-corrected chi connectivity index (χ2v) is 10.5. The zero-order valence-electron chi connectivity index (χ0n) is 23.9. The molecule has 1 aliphatic heterocycles. The lowest BCUT2D eigenvalue weighted by molar-refractivity contribution is -0.155. The Labute approximate surface area is 239 Å². The van der Waals surface area contributed by atoms with Crippen LogP contribution in [0.2, 0.25) is 0 Å². The molecular weight excluding hydrogens is 533 g/mol. The lowest BCUT2D eigenvalue weighted by atomic mass is 9.92. The predicted molar refractivity (Wildman–Crippen MR) is 157 cm³/mol. The number of benzene rings is 2. The molecule has 222 valence electrons. The van der Waals surface area contributed by atoms with Gasteiger partial charge in [-0.05, 0) is 67.0 Å². The number of aliphatic hydroxyl groups excluding tert-OH is 1. The van der Waals surface area contributed by atoms with Crippen LogP contribution < -0.4 is 10.2 Å². The van der Waals surface area contributed by atoms with E-state index in [1.807, 2.05) is 0 Å². The molecule has 11 heteroatoms. The quantitative estimate of drug-likeness (QED) is 0.193. The van der Waals surface area contributed by atoms with E-state index in [9.17, 15) is 18.4 Å². The Kier molecular flexibility index (Phi) is 10.8. The number of aliphatic hydroxyl groups is 1. The van der Waals surface area contributed by atoms with Gasteiger partial charge in [0.2, 0.25) is 0 Å². The van der Waals surface area contributed by atoms with Crippen LogP contribution in [0.1, 0.15) is 46.5 Å². The standard InChI is InChI=1S/C30H39F3N6O2/c1-4-10-39(11-5-2)37-20(3)21-8-12-38(13-9-21)30-26-16-23(31)15-25(29(26)35-19-36-30)22-6-7-28(27(32)14-22)34-17-24(40)18-41-33/h6-7,14-16,19,21,24,34,40H,4-5,8-13,17-18H2,1-3H3/b37-20+. The second-order valence-electron chi connectivity index (χ2n) is 10.5. The van der Waals surface area contributed by atoms with Crippen molar-refractivity contribution < 1.29 is 23.4 Å². The Balaban J connectivity index is 1.54. The number of aromatic nitrogens is 2. The van der Waals surface area contributed by atoms with E-state index in [-0.39, 0.29) is 12.2 Å². The highest BCUT2D eigenvalue weighted by Gasteiger charge is 2.25. The molecule has 41 heavy (non-hydrogen) atoms. The maximum atomic E-state index is 14.9. The number of fused-ring (bicyclic) bond motifs is 1. The van der Waals surface area contributed by atoms with Crippen molar-refractivity contribution in [3.63, 3.8) is 0 Å². The van der Waals surface area contributed by atoms with Crippen LogP contribution in [-0.2, 0) is 4.94 Å². The summed E-state index contributed by atoms with van der Waals surface area (Å²) in [7, 11) is 0. The number of hydrazone groups is 1. The summed E-state index contributed by atoms with van der Waals surface area (Å²) in [5.41, 5.74) is 2.70. The number of nitrogens with zero attached hydrogens (tertiary/aromatic N) is 5. The summed E-state index contributed by atoms with van der Waals surface area (Å²) in [6.45, 7) is 9.23. The van der Waals surface area contributed by atoms with Gasteiger partial charge in [0.05, 0.1) is 17.3 Å². The Morgan fingerprint density at radius 1 is 1.15 bits per heavy atom. The van der Waals surface area contributed by atoms with Gasteiger partial charge in [0.25, 0.3) is 0 Å². The van der Waals surface area contributed by atoms with Crippen molar-refractivity contribution in [2.75, 3.05) is 49.5 Å². The van der Waals surface area contributed by atoms with Crippen molar-refractivity contribution in [3.05, 3.63) is 48.3 Å². The average molecular weight is 573 g/mol. The molecule has 2 heterocycles. The molecule has 2 aromatic carbocycles. The molecule has 1 atom stereocenters. The molecule has 1 fully saturated rings. The topological polar surface area (TPSA) is 86.1 Å². The van der Waals surface area contributed by atoms with Gasteiger partial charge in [-0.15, -0.1) is 0 Å². The summed E-state index contributed by atoms with van der Waals surface area (Å²) in [6.07, 6.45) is 4.28. The number of anilines is 2. The fourth-order valence-corrected chi connectivity index (χ4v) is 5.32. The Morgan fingerprint density at radius 3 is 2.54 bits per heavy atom. The summed E-state index contributed by atoms with van der Waals surface area (Å²) < 4.78 is 41.8. The van der Waals surface area contributed by atoms with E-state index >= 15 is 0 Å². The summed E-state index contributed by atoms with van der Waals surface area (Å²) in [4.78, 5) is 14.5. The highest BCUT2D eigenvalue weighted by Crippen LogP contribution is 2.35. The Morgan fingerprint density at radius 2 is 1.88 bits per heavy atom. The normalized spacial score (nSPS) is 15.4. The zero-order valence-corrected chi connectivity index (χ0v) is 23.9. The molecule has 1 aliphatic rings. The van der Waals surface area contributed by atoms with Crippen LogP contribution in [0.25, 0.3) is 22.0 Å². The first-order valence-corrected chi connectivity index (χ1v) is 14.3. The fraction of sp³-hybridized carbons (Fsp3) is 0.500. The van der Waals surface area contributed by atoms with E-state index in [1.165, 1.54) is 30.6 Å². The van der Waals surface area contributed by atoms with Crippen LogP contribution in [0.4, 0.5) is 24.8 Å². The highest BCUT2D eigenvalue weighted by molar-refractivity contribution is 5.99. The molecule has 0 spiro atoms. The molecule has 0 saturated carbocycles. The molecule has 8 nitrogen and oxygen atoms in total. The Bertz CT molecular complexity index is 1330. The third kappa shape index (κ3) is 7.65. The third-order valence-corrected chi connectivity index (χ3v) is 7.39. The van der Waals surface area contributed by atoms with E-state index in [1.54, 1.807) is 6.07 Å². The van der Waals surface area contributed by atoms with E-state index in [2.05, 4.69) is 50.9 Å². The van der Waals surface area contributed by atoms with E-state index in [0.717, 1.165) is 57.6 Å². The molecule has 0 bridgehead atoms. The second kappa shape index (κ2) is 14.5. The largest absolute Gasteiger partial charge is 0.389 e. The van der Waals surface area contributed by atoms with Crippen LogP contribution in [0.3, 0.4) is 0 Å². The van der Waals surface area contributed by atoms with Crippen LogP contribution in [0.15, 0.2) is 41.8 Å². The van der Waals surface area contributed by atoms with Crippen molar-refractivity contribution in [3.8, 4) is 11.1 Å². The number of piperidine rings is 1. The maximum Gasteiger partial charge on any atom is 0.146 e. The molecule has 1 aromatic heterocycles. The molecule has 1 saturated heterocycles. The lowest BCUT2D eigenvalue weighted by Crippen LogP contribution is -2.37. The smallest absolute Gasteiger partial charge is 0.146 e. The van der Waals surface area contributed by atoms with Gasteiger partial charge in [-0.25, -0.2) is 18.7 Å². The summed E-state index contributed by atoms with van der Waals surface area (Å²) in [5, 5.41) is 20.0. The van der Waals surface area contributed by atoms with Crippen molar-refractivity contribution >= 4 is 28.1 Å². The first-order valence-electron chi connectivity index (χ1n) is 14.3. The minimum Gasteiger partial charge on any atom is -0.389 e. The lowest BCUT2D eigenvalue weighted by Gasteiger charge is -2.34. The van der Waals surface area contributed by atoms with Crippen LogP contribution in [-0.4, -0.2) is 71.2 Å². The molecule has 4 rings (SSSR count). The van der Waals surface area contributed by atoms with Gasteiger partial charge in [0.15, 0.2) is 0 Å². The predicted octanol–water partition coefficient (Wildman–Crippen LogP) is 5.96. The first-order chi connectivity index (χ1) is 19.8. The summed E-state index contributed by atoms with van der Waals surface area (Å²) in [5.74, 6) is -0.0304. The minimum atomic E-state index is -1.14.